The van der Waals surface area contributed by atoms with Crippen LogP contribution in [0.2, 0.25) is 0 Å². The lowest BCUT2D eigenvalue weighted by molar-refractivity contribution is 0.0867. The highest BCUT2D eigenvalue weighted by Gasteiger charge is 2.62. The molecule has 3 heteroatoms. The van der Waals surface area contributed by atoms with Crippen molar-refractivity contribution in [3.8, 4) is 0 Å². The molecule has 0 bridgehead atoms. The zero-order chi connectivity index (χ0) is 14.4. The second kappa shape index (κ2) is 4.50. The Balaban J connectivity index is 1.70. The van der Waals surface area contributed by atoms with E-state index in [0.717, 1.165) is 36.0 Å². The molecule has 0 saturated carbocycles. The van der Waals surface area contributed by atoms with Gasteiger partial charge in [-0.05, 0) is 42.5 Å². The molecule has 106 valence electrons. The summed E-state index contributed by atoms with van der Waals surface area (Å²) in [4.78, 5) is 12.9. The van der Waals surface area contributed by atoms with Gasteiger partial charge in [0.1, 0.15) is 11.9 Å². The van der Waals surface area contributed by atoms with E-state index in [1.165, 1.54) is 12.1 Å². The highest BCUT2D eigenvalue weighted by Crippen LogP contribution is 2.55. The van der Waals surface area contributed by atoms with Crippen molar-refractivity contribution < 1.29 is 13.9 Å². The Kier molecular flexibility index (Phi) is 2.73. The van der Waals surface area contributed by atoms with E-state index in [0.29, 0.717) is 0 Å². The maximum absolute atomic E-state index is 13.0. The van der Waals surface area contributed by atoms with Crippen molar-refractivity contribution in [1.29, 1.82) is 0 Å². The fourth-order valence-electron chi connectivity index (χ4n) is 3.36. The smallest absolute Gasteiger partial charge is 0.197 e. The predicted octanol–water partition coefficient (Wildman–Crippen LogP) is 3.86. The van der Waals surface area contributed by atoms with Gasteiger partial charge in [0.2, 0.25) is 0 Å². The number of epoxide rings is 1. The third-order valence-electron chi connectivity index (χ3n) is 4.51. The van der Waals surface area contributed by atoms with Gasteiger partial charge in [-0.25, -0.2) is 4.39 Å². The highest BCUT2D eigenvalue weighted by molar-refractivity contribution is 6.06. The van der Waals surface area contributed by atoms with Gasteiger partial charge in [-0.1, -0.05) is 36.4 Å². The Hall–Kier alpha value is -2.00. The number of carbonyl (C=O) groups is 1. The molecule has 4 rings (SSSR count). The Labute approximate surface area is 122 Å². The van der Waals surface area contributed by atoms with Gasteiger partial charge >= 0.3 is 0 Å². The molecule has 21 heavy (non-hydrogen) atoms. The van der Waals surface area contributed by atoms with Gasteiger partial charge in [-0.15, -0.1) is 0 Å². The summed E-state index contributed by atoms with van der Waals surface area (Å²) >= 11 is 0. The molecular formula is C18H15FO2. The second-order valence-electron chi connectivity index (χ2n) is 5.78. The van der Waals surface area contributed by atoms with Crippen molar-refractivity contribution in [1.82, 2.24) is 0 Å². The number of fused-ring (bicyclic) bond motifs is 1. The van der Waals surface area contributed by atoms with Crippen molar-refractivity contribution in [3.05, 3.63) is 71.0 Å². The molecule has 0 amide bonds. The van der Waals surface area contributed by atoms with Crippen molar-refractivity contribution in [2.24, 2.45) is 0 Å². The Bertz CT molecular complexity index is 707. The van der Waals surface area contributed by atoms with E-state index in [1.807, 2.05) is 24.3 Å². The fourth-order valence-corrected chi connectivity index (χ4v) is 3.36. The summed E-state index contributed by atoms with van der Waals surface area (Å²) in [5.74, 6) is -0.198. The Morgan fingerprint density at radius 2 is 1.86 bits per heavy atom. The SMILES string of the molecule is O=C1c2ccccc2CCCC12OC2c1ccc(F)cc1. The number of aryl methyl sites for hydroxylation is 1. The fraction of sp³-hybridized carbons (Fsp3) is 0.278. The van der Waals surface area contributed by atoms with Crippen LogP contribution in [0.3, 0.4) is 0 Å². The summed E-state index contributed by atoms with van der Waals surface area (Å²) in [6.07, 6.45) is 2.32. The number of ether oxygens (including phenoxy) is 1. The minimum absolute atomic E-state index is 0.0740. The average Bonchev–Trinajstić information content (AvgIpc) is 3.25. The molecule has 2 unspecified atom stereocenters. The monoisotopic (exact) mass is 282 g/mol. The van der Waals surface area contributed by atoms with Crippen LogP contribution in [0.1, 0.15) is 40.4 Å². The summed E-state index contributed by atoms with van der Waals surface area (Å²) in [6, 6.07) is 14.0. The van der Waals surface area contributed by atoms with E-state index >= 15 is 0 Å². The molecule has 2 aromatic carbocycles. The number of ketones is 1. The summed E-state index contributed by atoms with van der Waals surface area (Å²) in [6.45, 7) is 0. The van der Waals surface area contributed by atoms with E-state index in [4.69, 9.17) is 4.74 Å². The molecule has 2 atom stereocenters. The van der Waals surface area contributed by atoms with Gasteiger partial charge in [0.05, 0.1) is 0 Å². The Morgan fingerprint density at radius 3 is 2.67 bits per heavy atom. The van der Waals surface area contributed by atoms with Crippen LogP contribution in [0.25, 0.3) is 0 Å². The summed E-state index contributed by atoms with van der Waals surface area (Å²) in [5.41, 5.74) is 2.03. The van der Waals surface area contributed by atoms with Crippen LogP contribution in [-0.2, 0) is 11.2 Å². The lowest BCUT2D eigenvalue weighted by Gasteiger charge is -2.09. The first-order valence-corrected chi connectivity index (χ1v) is 7.27. The first kappa shape index (κ1) is 12.7. The third-order valence-corrected chi connectivity index (χ3v) is 4.51. The molecule has 1 aliphatic heterocycles. The number of benzene rings is 2. The van der Waals surface area contributed by atoms with Gasteiger partial charge in [-0.2, -0.15) is 0 Å². The quantitative estimate of drug-likeness (QED) is 0.743. The standard InChI is InChI=1S/C18H15FO2/c19-14-9-7-13(8-10-14)17-18(21-17)11-3-5-12-4-1-2-6-15(12)16(18)20/h1-2,4,6-10,17H,3,5,11H2. The van der Waals surface area contributed by atoms with Gasteiger partial charge < -0.3 is 4.74 Å². The van der Waals surface area contributed by atoms with Crippen LogP contribution in [-0.4, -0.2) is 11.4 Å². The molecule has 1 saturated heterocycles. The molecule has 0 N–H and O–H groups in total. The number of hydrogen-bond donors (Lipinski definition) is 0. The van der Waals surface area contributed by atoms with Crippen LogP contribution in [0.5, 0.6) is 0 Å². The molecule has 2 nitrogen and oxygen atoms in total. The first-order chi connectivity index (χ1) is 10.2. The maximum atomic E-state index is 13.0. The zero-order valence-corrected chi connectivity index (χ0v) is 11.5. The number of hydrogen-bond acceptors (Lipinski definition) is 2. The minimum atomic E-state index is -0.732. The predicted molar refractivity (Wildman–Crippen MR) is 76.7 cm³/mol. The number of carbonyl (C=O) groups excluding carboxylic acids is 1. The van der Waals surface area contributed by atoms with Crippen molar-refractivity contribution in [2.45, 2.75) is 31.0 Å². The van der Waals surface area contributed by atoms with Gasteiger partial charge in [0.15, 0.2) is 11.4 Å². The largest absolute Gasteiger partial charge is 0.352 e. The van der Waals surface area contributed by atoms with Crippen molar-refractivity contribution in [3.63, 3.8) is 0 Å². The zero-order valence-electron chi connectivity index (χ0n) is 11.5. The average molecular weight is 282 g/mol. The van der Waals surface area contributed by atoms with Gasteiger partial charge in [0.25, 0.3) is 0 Å². The molecule has 2 aliphatic rings. The molecule has 1 heterocycles. The second-order valence-corrected chi connectivity index (χ2v) is 5.78. The van der Waals surface area contributed by atoms with Crippen LogP contribution in [0.4, 0.5) is 4.39 Å². The third kappa shape index (κ3) is 1.92. The van der Waals surface area contributed by atoms with Gasteiger partial charge in [-0.3, -0.25) is 4.79 Å². The van der Waals surface area contributed by atoms with Crippen molar-refractivity contribution >= 4 is 5.78 Å². The van der Waals surface area contributed by atoms with E-state index in [-0.39, 0.29) is 17.7 Å². The Morgan fingerprint density at radius 1 is 1.10 bits per heavy atom. The topological polar surface area (TPSA) is 29.6 Å². The van der Waals surface area contributed by atoms with Gasteiger partial charge in [0, 0.05) is 5.56 Å². The number of halogens is 1. The minimum Gasteiger partial charge on any atom is -0.352 e. The van der Waals surface area contributed by atoms with Crippen molar-refractivity contribution in [2.75, 3.05) is 0 Å². The molecule has 1 aliphatic carbocycles. The summed E-state index contributed by atoms with van der Waals surface area (Å²) in [7, 11) is 0. The molecule has 1 spiro atoms. The number of rotatable bonds is 1. The number of Topliss-reactive ketones (excluding diaryl/α,β-unsaturated/α-hetero) is 1. The molecular weight excluding hydrogens is 267 g/mol. The summed E-state index contributed by atoms with van der Waals surface area (Å²) < 4.78 is 18.9. The first-order valence-electron chi connectivity index (χ1n) is 7.27. The van der Waals surface area contributed by atoms with Crippen LogP contribution < -0.4 is 0 Å². The van der Waals surface area contributed by atoms with Crippen LogP contribution >= 0.6 is 0 Å². The van der Waals surface area contributed by atoms with E-state index in [2.05, 4.69) is 0 Å². The molecule has 0 radical (unpaired) electrons. The van der Waals surface area contributed by atoms with E-state index in [1.54, 1.807) is 12.1 Å². The van der Waals surface area contributed by atoms with Crippen LogP contribution in [0.15, 0.2) is 48.5 Å². The van der Waals surface area contributed by atoms with Crippen LogP contribution in [0, 0.1) is 5.82 Å². The lowest BCUT2D eigenvalue weighted by Crippen LogP contribution is -2.24. The highest BCUT2D eigenvalue weighted by atomic mass is 19.1. The normalized spacial score (nSPS) is 27.3. The lowest BCUT2D eigenvalue weighted by atomic mass is 9.89. The van der Waals surface area contributed by atoms with E-state index < -0.39 is 5.60 Å². The maximum Gasteiger partial charge on any atom is 0.197 e. The summed E-state index contributed by atoms with van der Waals surface area (Å²) in [5, 5.41) is 0. The molecule has 2 aromatic rings. The van der Waals surface area contributed by atoms with E-state index in [9.17, 15) is 9.18 Å². The molecule has 0 aromatic heterocycles. The molecule has 1 fully saturated rings.